The van der Waals surface area contributed by atoms with Gasteiger partial charge in [0.15, 0.2) is 0 Å². The van der Waals surface area contributed by atoms with Crippen LogP contribution in [0, 0.1) is 0 Å². The number of carboxylic acids is 1. The maximum absolute atomic E-state index is 11.3. The van der Waals surface area contributed by atoms with Gasteiger partial charge in [-0.2, -0.15) is 0 Å². The highest BCUT2D eigenvalue weighted by molar-refractivity contribution is 5.78. The maximum atomic E-state index is 11.3. The summed E-state index contributed by atoms with van der Waals surface area (Å²) in [5, 5.41) is 8.51. The number of carboxylic acid groups (broad SMARTS) is 1. The fourth-order valence-corrected chi connectivity index (χ4v) is 2.59. The third kappa shape index (κ3) is 17.1. The summed E-state index contributed by atoms with van der Waals surface area (Å²) in [5.74, 6) is -0.244. The van der Waals surface area contributed by atoms with E-state index in [0.29, 0.717) is 12.2 Å². The van der Waals surface area contributed by atoms with Gasteiger partial charge in [0.25, 0.3) is 0 Å². The van der Waals surface area contributed by atoms with Gasteiger partial charge in [-0.3, -0.25) is 9.59 Å². The monoisotopic (exact) mass is 298 g/mol. The van der Waals surface area contributed by atoms with Crippen molar-refractivity contribution in [3.63, 3.8) is 0 Å². The summed E-state index contributed by atoms with van der Waals surface area (Å²) >= 11 is 0. The molecule has 0 aromatic carbocycles. The van der Waals surface area contributed by atoms with Crippen molar-refractivity contribution in [1.82, 2.24) is 0 Å². The van der Waals surface area contributed by atoms with Crippen LogP contribution in [0.15, 0.2) is 0 Å². The lowest BCUT2D eigenvalue weighted by atomic mass is 10.0. The molecule has 124 valence electrons. The third-order valence-corrected chi connectivity index (χ3v) is 3.88. The second-order valence-electron chi connectivity index (χ2n) is 6.07. The van der Waals surface area contributed by atoms with Crippen LogP contribution >= 0.6 is 0 Å². The third-order valence-electron chi connectivity index (χ3n) is 3.88. The van der Waals surface area contributed by atoms with Crippen molar-refractivity contribution < 1.29 is 14.7 Å². The first-order chi connectivity index (χ1) is 10.2. The van der Waals surface area contributed by atoms with Gasteiger partial charge in [-0.1, -0.05) is 64.7 Å². The van der Waals surface area contributed by atoms with Crippen LogP contribution in [0.3, 0.4) is 0 Å². The molecule has 0 spiro atoms. The molecule has 0 aromatic rings. The lowest BCUT2D eigenvalue weighted by Gasteiger charge is -2.03. The summed E-state index contributed by atoms with van der Waals surface area (Å²) in [5.41, 5.74) is 0. The Morgan fingerprint density at radius 3 is 1.38 bits per heavy atom. The van der Waals surface area contributed by atoms with Crippen LogP contribution in [0.5, 0.6) is 0 Å². The predicted molar refractivity (Wildman–Crippen MR) is 87.6 cm³/mol. The summed E-state index contributed by atoms with van der Waals surface area (Å²) < 4.78 is 0. The zero-order valence-corrected chi connectivity index (χ0v) is 13.9. The van der Waals surface area contributed by atoms with Gasteiger partial charge in [-0.15, -0.1) is 0 Å². The van der Waals surface area contributed by atoms with Gasteiger partial charge < -0.3 is 5.11 Å². The first kappa shape index (κ1) is 20.1. The zero-order valence-electron chi connectivity index (χ0n) is 13.9. The quantitative estimate of drug-likeness (QED) is 0.382. The largest absolute Gasteiger partial charge is 0.481 e. The molecule has 0 aliphatic rings. The summed E-state index contributed by atoms with van der Waals surface area (Å²) in [7, 11) is 0. The van der Waals surface area contributed by atoms with E-state index in [1.807, 2.05) is 0 Å². The standard InChI is InChI=1S/C18H34O3/c1-2-14-17(19)15-12-10-8-6-4-3-5-7-9-11-13-16-18(20)21/h2-16H2,1H3,(H,20,21). The average Bonchev–Trinajstić information content (AvgIpc) is 2.44. The molecule has 0 atom stereocenters. The molecule has 0 rings (SSSR count). The normalized spacial score (nSPS) is 10.7. The van der Waals surface area contributed by atoms with Crippen LogP contribution in [0.1, 0.15) is 103 Å². The lowest BCUT2D eigenvalue weighted by molar-refractivity contribution is -0.137. The number of carbonyl (C=O) groups is 2. The molecule has 0 amide bonds. The number of aliphatic carboxylic acids is 1. The van der Waals surface area contributed by atoms with Crippen LogP contribution < -0.4 is 0 Å². The van der Waals surface area contributed by atoms with E-state index in [-0.39, 0.29) is 0 Å². The number of rotatable bonds is 16. The Bertz CT molecular complexity index is 261. The van der Waals surface area contributed by atoms with Gasteiger partial charge in [0, 0.05) is 19.3 Å². The van der Waals surface area contributed by atoms with Gasteiger partial charge in [-0.05, 0) is 19.3 Å². The summed E-state index contributed by atoms with van der Waals surface area (Å²) in [4.78, 5) is 21.7. The molecule has 0 aromatic heterocycles. The van der Waals surface area contributed by atoms with E-state index in [0.717, 1.165) is 38.5 Å². The highest BCUT2D eigenvalue weighted by Crippen LogP contribution is 2.13. The van der Waals surface area contributed by atoms with Gasteiger partial charge in [-0.25, -0.2) is 0 Å². The van der Waals surface area contributed by atoms with E-state index >= 15 is 0 Å². The number of unbranched alkanes of at least 4 members (excludes halogenated alkanes) is 10. The topological polar surface area (TPSA) is 54.4 Å². The Balaban J connectivity index is 3.06. The van der Waals surface area contributed by atoms with Gasteiger partial charge in [0.2, 0.25) is 0 Å². The highest BCUT2D eigenvalue weighted by Gasteiger charge is 2.00. The molecule has 0 aliphatic heterocycles. The molecule has 1 N–H and O–H groups in total. The highest BCUT2D eigenvalue weighted by atomic mass is 16.4. The number of hydrogen-bond acceptors (Lipinski definition) is 2. The molecule has 3 nitrogen and oxygen atoms in total. The Kier molecular flexibility index (Phi) is 14.9. The molecule has 0 aliphatic carbocycles. The molecule has 0 bridgehead atoms. The molecule has 0 unspecified atom stereocenters. The first-order valence-corrected chi connectivity index (χ1v) is 8.90. The van der Waals surface area contributed by atoms with Crippen LogP contribution in [-0.2, 0) is 9.59 Å². The van der Waals surface area contributed by atoms with E-state index < -0.39 is 5.97 Å². The minimum atomic E-state index is -0.675. The van der Waals surface area contributed by atoms with Crippen molar-refractivity contribution in [2.75, 3.05) is 0 Å². The Hall–Kier alpha value is -0.860. The van der Waals surface area contributed by atoms with Crippen LogP contribution in [0.4, 0.5) is 0 Å². The number of ketones is 1. The van der Waals surface area contributed by atoms with Crippen molar-refractivity contribution >= 4 is 11.8 Å². The number of carbonyl (C=O) groups excluding carboxylic acids is 1. The molecule has 0 saturated heterocycles. The predicted octanol–water partition coefficient (Wildman–Crippen LogP) is 5.51. The maximum Gasteiger partial charge on any atom is 0.303 e. The van der Waals surface area contributed by atoms with Crippen molar-refractivity contribution in [1.29, 1.82) is 0 Å². The SMILES string of the molecule is CCCC(=O)CCCCCCCCCCCCCC(=O)O. The Morgan fingerprint density at radius 1 is 0.619 bits per heavy atom. The summed E-state index contributed by atoms with van der Waals surface area (Å²) in [6.07, 6.45) is 15.8. The van der Waals surface area contributed by atoms with Crippen LogP contribution in [0.25, 0.3) is 0 Å². The van der Waals surface area contributed by atoms with Crippen molar-refractivity contribution in [3.8, 4) is 0 Å². The molecule has 0 fully saturated rings. The molecule has 0 saturated carbocycles. The smallest absolute Gasteiger partial charge is 0.303 e. The number of hydrogen-bond donors (Lipinski definition) is 1. The molecule has 3 heteroatoms. The molecule has 0 radical (unpaired) electrons. The Labute approximate surface area is 130 Å². The van der Waals surface area contributed by atoms with Crippen LogP contribution in [0.2, 0.25) is 0 Å². The van der Waals surface area contributed by atoms with Crippen molar-refractivity contribution in [2.45, 2.75) is 103 Å². The minimum absolute atomic E-state index is 0.320. The second kappa shape index (κ2) is 15.5. The van der Waals surface area contributed by atoms with Crippen molar-refractivity contribution in [2.24, 2.45) is 0 Å². The van der Waals surface area contributed by atoms with E-state index in [4.69, 9.17) is 5.11 Å². The Morgan fingerprint density at radius 2 is 1.00 bits per heavy atom. The molecular weight excluding hydrogens is 264 g/mol. The summed E-state index contributed by atoms with van der Waals surface area (Å²) in [6.45, 7) is 2.06. The average molecular weight is 298 g/mol. The lowest BCUT2D eigenvalue weighted by Crippen LogP contribution is -1.96. The summed E-state index contributed by atoms with van der Waals surface area (Å²) in [6, 6.07) is 0. The second-order valence-corrected chi connectivity index (χ2v) is 6.07. The minimum Gasteiger partial charge on any atom is -0.481 e. The van der Waals surface area contributed by atoms with Gasteiger partial charge in [0.05, 0.1) is 0 Å². The molecular formula is C18H34O3. The fraction of sp³-hybridized carbons (Fsp3) is 0.889. The van der Waals surface area contributed by atoms with Crippen LogP contribution in [-0.4, -0.2) is 16.9 Å². The van der Waals surface area contributed by atoms with E-state index in [1.54, 1.807) is 0 Å². The molecule has 21 heavy (non-hydrogen) atoms. The zero-order chi connectivity index (χ0) is 15.8. The van der Waals surface area contributed by atoms with Gasteiger partial charge >= 0.3 is 5.97 Å². The fourth-order valence-electron chi connectivity index (χ4n) is 2.59. The van der Waals surface area contributed by atoms with Crippen molar-refractivity contribution in [3.05, 3.63) is 0 Å². The van der Waals surface area contributed by atoms with E-state index in [1.165, 1.54) is 51.4 Å². The number of Topliss-reactive ketones (excluding diaryl/α,β-unsaturated/α-hetero) is 1. The first-order valence-electron chi connectivity index (χ1n) is 8.90. The van der Waals surface area contributed by atoms with E-state index in [9.17, 15) is 9.59 Å². The van der Waals surface area contributed by atoms with E-state index in [2.05, 4.69) is 6.92 Å². The molecule has 0 heterocycles. The van der Waals surface area contributed by atoms with Gasteiger partial charge in [0.1, 0.15) is 5.78 Å².